The van der Waals surface area contributed by atoms with Crippen LogP contribution in [0.4, 0.5) is 11.4 Å². The molecule has 1 fully saturated rings. The van der Waals surface area contributed by atoms with Crippen LogP contribution in [0.3, 0.4) is 0 Å². The van der Waals surface area contributed by atoms with Gasteiger partial charge in [0, 0.05) is 38.0 Å². The number of rotatable bonds is 6. The molecule has 1 N–H and O–H groups in total. The number of benzene rings is 1. The number of hydrogen-bond donors (Lipinski definition) is 1. The molecule has 1 saturated heterocycles. The minimum absolute atomic E-state index is 0.0330. The third-order valence-electron chi connectivity index (χ3n) is 4.24. The van der Waals surface area contributed by atoms with Gasteiger partial charge in [-0.05, 0) is 25.3 Å². The number of nitro benzene ring substituents is 1. The Bertz CT molecular complexity index is 763. The molecule has 1 aromatic rings. The second-order valence-corrected chi connectivity index (χ2v) is 8.24. The van der Waals surface area contributed by atoms with Crippen LogP contribution in [-0.2, 0) is 14.6 Å². The first-order chi connectivity index (χ1) is 11.7. The van der Waals surface area contributed by atoms with Crippen molar-refractivity contribution in [2.75, 3.05) is 30.8 Å². The van der Waals surface area contributed by atoms with Crippen LogP contribution < -0.4 is 10.2 Å². The minimum Gasteiger partial charge on any atom is -0.370 e. The number of carbonyl (C=O) groups is 1. The van der Waals surface area contributed by atoms with Gasteiger partial charge in [0.2, 0.25) is 5.91 Å². The highest BCUT2D eigenvalue weighted by atomic mass is 32.2. The average molecular weight is 369 g/mol. The number of amides is 1. The van der Waals surface area contributed by atoms with Crippen molar-refractivity contribution in [3.05, 3.63) is 28.3 Å². The maximum atomic E-state index is 12.2. The number of nitro groups is 1. The van der Waals surface area contributed by atoms with Crippen molar-refractivity contribution >= 4 is 27.1 Å². The summed E-state index contributed by atoms with van der Waals surface area (Å²) in [5.74, 6) is -0.253. The Morgan fingerprint density at radius 3 is 2.76 bits per heavy atom. The lowest BCUT2D eigenvalue weighted by molar-refractivity contribution is -0.385. The van der Waals surface area contributed by atoms with Crippen molar-refractivity contribution in [3.8, 4) is 0 Å². The molecular formula is C16H23N3O5S. The van der Waals surface area contributed by atoms with Crippen molar-refractivity contribution in [2.24, 2.45) is 5.92 Å². The molecule has 0 spiro atoms. The van der Waals surface area contributed by atoms with Gasteiger partial charge in [-0.2, -0.15) is 0 Å². The molecule has 0 radical (unpaired) electrons. The van der Waals surface area contributed by atoms with Gasteiger partial charge in [0.25, 0.3) is 5.69 Å². The number of hydrogen-bond acceptors (Lipinski definition) is 6. The van der Waals surface area contributed by atoms with E-state index in [0.29, 0.717) is 25.3 Å². The zero-order valence-electron chi connectivity index (χ0n) is 14.4. The van der Waals surface area contributed by atoms with E-state index in [9.17, 15) is 23.3 Å². The van der Waals surface area contributed by atoms with E-state index in [-0.39, 0.29) is 22.4 Å². The van der Waals surface area contributed by atoms with Crippen LogP contribution in [0.25, 0.3) is 0 Å². The zero-order chi connectivity index (χ0) is 18.6. The predicted molar refractivity (Wildman–Crippen MR) is 94.4 cm³/mol. The van der Waals surface area contributed by atoms with E-state index in [2.05, 4.69) is 5.32 Å². The summed E-state index contributed by atoms with van der Waals surface area (Å²) >= 11 is 0. The van der Waals surface area contributed by atoms with Crippen molar-refractivity contribution in [2.45, 2.75) is 31.1 Å². The SMILES string of the molecule is CCCNC(=O)C1CCCN(c2ccc([N+](=O)[O-])cc2S(C)(=O)=O)C1. The highest BCUT2D eigenvalue weighted by molar-refractivity contribution is 7.90. The molecule has 138 valence electrons. The first-order valence-corrected chi connectivity index (χ1v) is 10.1. The highest BCUT2D eigenvalue weighted by Crippen LogP contribution is 2.32. The highest BCUT2D eigenvalue weighted by Gasteiger charge is 2.29. The maximum Gasteiger partial charge on any atom is 0.270 e. The van der Waals surface area contributed by atoms with Crippen LogP contribution >= 0.6 is 0 Å². The summed E-state index contributed by atoms with van der Waals surface area (Å²) in [6, 6.07) is 3.84. The van der Waals surface area contributed by atoms with Gasteiger partial charge >= 0.3 is 0 Å². The maximum absolute atomic E-state index is 12.2. The Morgan fingerprint density at radius 1 is 1.44 bits per heavy atom. The largest absolute Gasteiger partial charge is 0.370 e. The summed E-state index contributed by atoms with van der Waals surface area (Å²) in [5, 5.41) is 13.8. The third-order valence-corrected chi connectivity index (χ3v) is 5.36. The van der Waals surface area contributed by atoms with Gasteiger partial charge in [0.1, 0.15) is 0 Å². The van der Waals surface area contributed by atoms with Crippen molar-refractivity contribution in [1.82, 2.24) is 5.32 Å². The quantitative estimate of drug-likeness (QED) is 0.604. The molecule has 8 nitrogen and oxygen atoms in total. The van der Waals surface area contributed by atoms with Crippen molar-refractivity contribution < 1.29 is 18.1 Å². The summed E-state index contributed by atoms with van der Waals surface area (Å²) in [4.78, 5) is 24.3. The third kappa shape index (κ3) is 4.68. The lowest BCUT2D eigenvalue weighted by Crippen LogP contribution is -2.43. The van der Waals surface area contributed by atoms with E-state index in [1.54, 1.807) is 0 Å². The van der Waals surface area contributed by atoms with Crippen molar-refractivity contribution in [1.29, 1.82) is 0 Å². The molecule has 1 aliphatic rings. The van der Waals surface area contributed by atoms with Gasteiger partial charge in [-0.25, -0.2) is 8.42 Å². The smallest absolute Gasteiger partial charge is 0.270 e. The lowest BCUT2D eigenvalue weighted by atomic mass is 9.96. The molecule has 2 rings (SSSR count). The number of sulfone groups is 1. The molecule has 0 aliphatic carbocycles. The molecule has 9 heteroatoms. The summed E-state index contributed by atoms with van der Waals surface area (Å²) in [6.07, 6.45) is 3.38. The standard InChI is InChI=1S/C16H23N3O5S/c1-3-8-17-16(20)12-5-4-9-18(11-12)14-7-6-13(19(21)22)10-15(14)25(2,23)24/h6-7,10,12H,3-5,8-9,11H2,1-2H3,(H,17,20). The van der Waals surface area contributed by atoms with Gasteiger partial charge in [0.05, 0.1) is 21.4 Å². The Kier molecular flexibility index (Phi) is 5.99. The van der Waals surface area contributed by atoms with Gasteiger partial charge in [-0.3, -0.25) is 14.9 Å². The fourth-order valence-electron chi connectivity index (χ4n) is 2.98. The molecule has 1 unspecified atom stereocenters. The van der Waals surface area contributed by atoms with Gasteiger partial charge in [0.15, 0.2) is 9.84 Å². The van der Waals surface area contributed by atoms with E-state index in [0.717, 1.165) is 31.6 Å². The van der Waals surface area contributed by atoms with Gasteiger partial charge in [-0.15, -0.1) is 0 Å². The minimum atomic E-state index is -3.64. The van der Waals surface area contributed by atoms with Crippen LogP contribution in [0.15, 0.2) is 23.1 Å². The molecule has 0 bridgehead atoms. The molecule has 25 heavy (non-hydrogen) atoms. The van der Waals surface area contributed by atoms with Crippen LogP contribution in [0.5, 0.6) is 0 Å². The molecular weight excluding hydrogens is 346 g/mol. The number of anilines is 1. The Hall–Kier alpha value is -2.16. The van der Waals surface area contributed by atoms with E-state index in [1.165, 1.54) is 12.1 Å². The Labute approximate surface area is 147 Å². The van der Waals surface area contributed by atoms with E-state index >= 15 is 0 Å². The average Bonchev–Trinajstić information content (AvgIpc) is 2.58. The van der Waals surface area contributed by atoms with Crippen LogP contribution in [0.2, 0.25) is 0 Å². The van der Waals surface area contributed by atoms with Gasteiger partial charge < -0.3 is 10.2 Å². The number of non-ortho nitro benzene ring substituents is 1. The van der Waals surface area contributed by atoms with Crippen LogP contribution in [-0.4, -0.2) is 45.1 Å². The first-order valence-electron chi connectivity index (χ1n) is 8.25. The van der Waals surface area contributed by atoms with Crippen molar-refractivity contribution in [3.63, 3.8) is 0 Å². The Morgan fingerprint density at radius 2 is 2.16 bits per heavy atom. The first kappa shape index (κ1) is 19.2. The molecule has 1 amide bonds. The second kappa shape index (κ2) is 7.81. The number of carbonyl (C=O) groups excluding carboxylic acids is 1. The summed E-state index contributed by atoms with van der Waals surface area (Å²) in [5.41, 5.74) is 0.152. The molecule has 0 saturated carbocycles. The van der Waals surface area contributed by atoms with Gasteiger partial charge in [-0.1, -0.05) is 6.92 Å². The van der Waals surface area contributed by atoms with E-state index < -0.39 is 14.8 Å². The molecule has 1 atom stereocenters. The monoisotopic (exact) mass is 369 g/mol. The normalized spacial score (nSPS) is 18.0. The number of nitrogens with zero attached hydrogens (tertiary/aromatic N) is 2. The molecule has 1 aromatic carbocycles. The van der Waals surface area contributed by atoms with Crippen LogP contribution in [0, 0.1) is 16.0 Å². The molecule has 0 aromatic heterocycles. The summed E-state index contributed by atoms with van der Waals surface area (Å²) < 4.78 is 24.2. The second-order valence-electron chi connectivity index (χ2n) is 6.26. The fourth-order valence-corrected chi connectivity index (χ4v) is 3.89. The number of piperidine rings is 1. The fraction of sp³-hybridized carbons (Fsp3) is 0.562. The number of nitrogens with one attached hydrogen (secondary N) is 1. The Balaban J connectivity index is 2.31. The summed E-state index contributed by atoms with van der Waals surface area (Å²) in [6.45, 7) is 3.60. The predicted octanol–water partition coefficient (Wildman–Crippen LogP) is 1.74. The van der Waals surface area contributed by atoms with E-state index in [1.807, 2.05) is 11.8 Å². The zero-order valence-corrected chi connectivity index (χ0v) is 15.2. The van der Waals surface area contributed by atoms with Crippen LogP contribution in [0.1, 0.15) is 26.2 Å². The lowest BCUT2D eigenvalue weighted by Gasteiger charge is -2.34. The molecule has 1 heterocycles. The van der Waals surface area contributed by atoms with E-state index in [4.69, 9.17) is 0 Å². The topological polar surface area (TPSA) is 110 Å². The molecule has 1 aliphatic heterocycles. The summed E-state index contributed by atoms with van der Waals surface area (Å²) in [7, 11) is -3.64.